The van der Waals surface area contributed by atoms with Crippen molar-refractivity contribution in [3.05, 3.63) is 45.8 Å². The first-order chi connectivity index (χ1) is 8.19. The molecular weight excluding hydrogens is 275 g/mol. The minimum atomic E-state index is 0.271. The van der Waals surface area contributed by atoms with Gasteiger partial charge in [0, 0.05) is 9.75 Å². The molecule has 0 saturated carbocycles. The van der Waals surface area contributed by atoms with Crippen molar-refractivity contribution in [3.63, 3.8) is 0 Å². The zero-order chi connectivity index (χ0) is 12.3. The first kappa shape index (κ1) is 12.5. The molecule has 0 saturated heterocycles. The lowest BCUT2D eigenvalue weighted by Crippen LogP contribution is -1.81. The third kappa shape index (κ3) is 3.25. The van der Waals surface area contributed by atoms with Crippen molar-refractivity contribution in [2.24, 2.45) is 0 Å². The van der Waals surface area contributed by atoms with Crippen molar-refractivity contribution in [2.45, 2.75) is 0 Å². The van der Waals surface area contributed by atoms with E-state index >= 15 is 0 Å². The molecule has 0 aliphatic carbocycles. The zero-order valence-electron chi connectivity index (χ0n) is 9.11. The number of hydrogen-bond donors (Lipinski definition) is 0. The van der Waals surface area contributed by atoms with Crippen molar-refractivity contribution < 1.29 is 4.74 Å². The average molecular weight is 285 g/mol. The zero-order valence-corrected chi connectivity index (χ0v) is 11.4. The van der Waals surface area contributed by atoms with Crippen LogP contribution in [0.15, 0.2) is 40.9 Å². The highest BCUT2D eigenvalue weighted by Gasteiger charge is 2.02. The summed E-state index contributed by atoms with van der Waals surface area (Å²) < 4.78 is 5.39. The Bertz CT molecular complexity index is 525. The van der Waals surface area contributed by atoms with E-state index in [0.29, 0.717) is 0 Å². The van der Waals surface area contributed by atoms with E-state index in [-0.39, 0.29) is 4.49 Å². The molecule has 0 unspecified atom stereocenters. The molecule has 2 rings (SSSR count). The Morgan fingerprint density at radius 1 is 1.12 bits per heavy atom. The van der Waals surface area contributed by atoms with E-state index < -0.39 is 0 Å². The highest BCUT2D eigenvalue weighted by Crippen LogP contribution is 2.31. The van der Waals surface area contributed by atoms with Gasteiger partial charge in [0.1, 0.15) is 10.2 Å². The first-order valence-electron chi connectivity index (χ1n) is 4.96. The maximum absolute atomic E-state index is 5.62. The SMILES string of the molecule is COc1ccc(-c2ccc(C=C(Cl)Cl)s2)cc1. The lowest BCUT2D eigenvalue weighted by atomic mass is 10.2. The molecule has 0 spiro atoms. The number of hydrogen-bond acceptors (Lipinski definition) is 2. The monoisotopic (exact) mass is 284 g/mol. The number of halogens is 2. The lowest BCUT2D eigenvalue weighted by Gasteiger charge is -2.00. The number of rotatable bonds is 3. The summed E-state index contributed by atoms with van der Waals surface area (Å²) in [5.41, 5.74) is 1.15. The molecule has 0 radical (unpaired) electrons. The van der Waals surface area contributed by atoms with E-state index in [1.807, 2.05) is 30.3 Å². The van der Waals surface area contributed by atoms with E-state index in [2.05, 4.69) is 6.07 Å². The first-order valence-corrected chi connectivity index (χ1v) is 6.53. The van der Waals surface area contributed by atoms with Crippen LogP contribution in [0.25, 0.3) is 16.5 Å². The molecule has 88 valence electrons. The molecule has 17 heavy (non-hydrogen) atoms. The molecule has 0 amide bonds. The third-order valence-electron chi connectivity index (χ3n) is 2.25. The Labute approximate surface area is 114 Å². The van der Waals surface area contributed by atoms with Gasteiger partial charge in [0.2, 0.25) is 0 Å². The van der Waals surface area contributed by atoms with Gasteiger partial charge in [0.15, 0.2) is 0 Å². The van der Waals surface area contributed by atoms with E-state index in [1.165, 1.54) is 4.88 Å². The quantitative estimate of drug-likeness (QED) is 0.753. The second kappa shape index (κ2) is 5.58. The molecule has 1 heterocycles. The highest BCUT2D eigenvalue weighted by molar-refractivity contribution is 7.16. The van der Waals surface area contributed by atoms with Crippen molar-refractivity contribution >= 4 is 40.6 Å². The van der Waals surface area contributed by atoms with Crippen LogP contribution in [0.1, 0.15) is 4.88 Å². The van der Waals surface area contributed by atoms with Gasteiger partial charge < -0.3 is 4.74 Å². The standard InChI is InChI=1S/C13H10Cl2OS/c1-16-10-4-2-9(3-5-10)12-7-6-11(17-12)8-13(14)15/h2-8H,1H3. The second-order valence-corrected chi connectivity index (χ2v) is 5.49. The van der Waals surface area contributed by atoms with Gasteiger partial charge in [-0.3, -0.25) is 0 Å². The van der Waals surface area contributed by atoms with Crippen LogP contribution in [0, 0.1) is 0 Å². The Morgan fingerprint density at radius 3 is 2.41 bits per heavy atom. The van der Waals surface area contributed by atoms with Crippen LogP contribution >= 0.6 is 34.5 Å². The molecule has 1 aromatic carbocycles. The van der Waals surface area contributed by atoms with E-state index in [4.69, 9.17) is 27.9 Å². The summed E-state index contributed by atoms with van der Waals surface area (Å²) in [6.07, 6.45) is 1.74. The molecule has 0 aliphatic heterocycles. The topological polar surface area (TPSA) is 9.23 Å². The summed E-state index contributed by atoms with van der Waals surface area (Å²) in [5, 5.41) is 0. The van der Waals surface area contributed by atoms with Crippen LogP contribution < -0.4 is 4.74 Å². The van der Waals surface area contributed by atoms with Gasteiger partial charge in [-0.25, -0.2) is 0 Å². The van der Waals surface area contributed by atoms with Gasteiger partial charge in [-0.2, -0.15) is 0 Å². The molecule has 0 atom stereocenters. The smallest absolute Gasteiger partial charge is 0.118 e. The van der Waals surface area contributed by atoms with Gasteiger partial charge in [0.05, 0.1) is 7.11 Å². The molecule has 0 fully saturated rings. The molecule has 4 heteroatoms. The normalized spacial score (nSPS) is 10.1. The fourth-order valence-corrected chi connectivity index (χ4v) is 2.77. The lowest BCUT2D eigenvalue weighted by molar-refractivity contribution is 0.415. The van der Waals surface area contributed by atoms with Crippen LogP contribution in [-0.2, 0) is 0 Å². The van der Waals surface area contributed by atoms with Gasteiger partial charge in [-0.1, -0.05) is 23.2 Å². The van der Waals surface area contributed by atoms with Crippen LogP contribution in [0.3, 0.4) is 0 Å². The predicted molar refractivity (Wildman–Crippen MR) is 76.0 cm³/mol. The van der Waals surface area contributed by atoms with Crippen molar-refractivity contribution in [1.82, 2.24) is 0 Å². The minimum Gasteiger partial charge on any atom is -0.497 e. The Hall–Kier alpha value is -0.960. The fraction of sp³-hybridized carbons (Fsp3) is 0.0769. The van der Waals surface area contributed by atoms with E-state index in [1.54, 1.807) is 24.5 Å². The van der Waals surface area contributed by atoms with Crippen LogP contribution in [0.2, 0.25) is 0 Å². The van der Waals surface area contributed by atoms with Gasteiger partial charge in [-0.05, 0) is 48.0 Å². The molecule has 2 aromatic rings. The van der Waals surface area contributed by atoms with Crippen LogP contribution in [-0.4, -0.2) is 7.11 Å². The van der Waals surface area contributed by atoms with Crippen LogP contribution in [0.4, 0.5) is 0 Å². The average Bonchev–Trinajstić information content (AvgIpc) is 2.77. The van der Waals surface area contributed by atoms with Gasteiger partial charge in [0.25, 0.3) is 0 Å². The third-order valence-corrected chi connectivity index (χ3v) is 3.55. The molecule has 0 N–H and O–H groups in total. The summed E-state index contributed by atoms with van der Waals surface area (Å²) in [4.78, 5) is 2.21. The van der Waals surface area contributed by atoms with Crippen molar-refractivity contribution in [3.8, 4) is 16.2 Å². The van der Waals surface area contributed by atoms with Crippen LogP contribution in [0.5, 0.6) is 5.75 Å². The number of thiophene rings is 1. The maximum Gasteiger partial charge on any atom is 0.118 e. The molecular formula is C13H10Cl2OS. The Morgan fingerprint density at radius 2 is 1.82 bits per heavy atom. The van der Waals surface area contributed by atoms with Crippen molar-refractivity contribution in [2.75, 3.05) is 7.11 Å². The largest absolute Gasteiger partial charge is 0.497 e. The second-order valence-electron chi connectivity index (χ2n) is 3.36. The minimum absolute atomic E-state index is 0.271. The Balaban J connectivity index is 2.27. The summed E-state index contributed by atoms with van der Waals surface area (Å²) >= 11 is 12.9. The van der Waals surface area contributed by atoms with E-state index in [9.17, 15) is 0 Å². The Kier molecular flexibility index (Phi) is 4.11. The summed E-state index contributed by atoms with van der Waals surface area (Å²) in [6, 6.07) is 12.0. The van der Waals surface area contributed by atoms with Crippen molar-refractivity contribution in [1.29, 1.82) is 0 Å². The molecule has 0 bridgehead atoms. The van der Waals surface area contributed by atoms with Gasteiger partial charge in [-0.15, -0.1) is 11.3 Å². The molecule has 1 aromatic heterocycles. The number of methoxy groups -OCH3 is 1. The fourth-order valence-electron chi connectivity index (χ4n) is 1.45. The summed E-state index contributed by atoms with van der Waals surface area (Å²) in [6.45, 7) is 0. The predicted octanol–water partition coefficient (Wildman–Crippen LogP) is 5.20. The molecule has 1 nitrogen and oxygen atoms in total. The number of ether oxygens (including phenoxy) is 1. The number of benzene rings is 1. The summed E-state index contributed by atoms with van der Waals surface area (Å²) in [5.74, 6) is 0.856. The highest BCUT2D eigenvalue weighted by atomic mass is 35.5. The molecule has 0 aliphatic rings. The van der Waals surface area contributed by atoms with Gasteiger partial charge >= 0.3 is 0 Å². The summed E-state index contributed by atoms with van der Waals surface area (Å²) in [7, 11) is 1.66. The van der Waals surface area contributed by atoms with E-state index in [0.717, 1.165) is 16.2 Å². The maximum atomic E-state index is 5.62.